The van der Waals surface area contributed by atoms with E-state index in [-0.39, 0.29) is 0 Å². The second-order valence-corrected chi connectivity index (χ2v) is 3.94. The van der Waals surface area contributed by atoms with Crippen molar-refractivity contribution in [3.05, 3.63) is 35.4 Å². The fourth-order valence-corrected chi connectivity index (χ4v) is 1.71. The molecule has 0 aliphatic carbocycles. The Morgan fingerprint density at radius 1 is 1.29 bits per heavy atom. The lowest BCUT2D eigenvalue weighted by atomic mass is 10.1. The predicted octanol–water partition coefficient (Wildman–Crippen LogP) is 1.61. The van der Waals surface area contributed by atoms with Gasteiger partial charge in [0.05, 0.1) is 43.6 Å². The normalized spacial score (nSPS) is 16.7. The number of hydrogen-bond acceptors (Lipinski definition) is 4. The van der Waals surface area contributed by atoms with E-state index in [2.05, 4.69) is 11.2 Å². The summed E-state index contributed by atoms with van der Waals surface area (Å²) < 4.78 is 5.27. The van der Waals surface area contributed by atoms with Crippen LogP contribution in [0.25, 0.3) is 0 Å². The first-order valence-electron chi connectivity index (χ1n) is 5.68. The van der Waals surface area contributed by atoms with Gasteiger partial charge >= 0.3 is 0 Å². The smallest absolute Gasteiger partial charge is 0.0991 e. The van der Waals surface area contributed by atoms with Crippen molar-refractivity contribution in [2.45, 2.75) is 6.92 Å². The molecule has 1 aromatic rings. The van der Waals surface area contributed by atoms with Crippen LogP contribution in [0.4, 0.5) is 0 Å². The van der Waals surface area contributed by atoms with Crippen molar-refractivity contribution in [3.63, 3.8) is 0 Å². The van der Waals surface area contributed by atoms with Crippen LogP contribution in [0.1, 0.15) is 18.1 Å². The second kappa shape index (κ2) is 5.46. The van der Waals surface area contributed by atoms with Crippen LogP contribution in [0, 0.1) is 11.3 Å². The van der Waals surface area contributed by atoms with Gasteiger partial charge < -0.3 is 4.74 Å². The molecule has 1 fully saturated rings. The molecule has 1 heterocycles. The molecule has 0 radical (unpaired) electrons. The van der Waals surface area contributed by atoms with Gasteiger partial charge in [-0.1, -0.05) is 12.1 Å². The lowest BCUT2D eigenvalue weighted by molar-refractivity contribution is 0.0393. The van der Waals surface area contributed by atoms with E-state index < -0.39 is 0 Å². The summed E-state index contributed by atoms with van der Waals surface area (Å²) in [6, 6.07) is 9.59. The molecule has 1 aliphatic rings. The number of nitriles is 1. The minimum atomic E-state index is 0.674. The van der Waals surface area contributed by atoms with E-state index in [0.717, 1.165) is 37.6 Å². The van der Waals surface area contributed by atoms with Crippen LogP contribution in [-0.4, -0.2) is 37.0 Å². The number of hydrazone groups is 1. The molecule has 4 heteroatoms. The molecule has 1 aliphatic heterocycles. The van der Waals surface area contributed by atoms with Crippen LogP contribution in [0.5, 0.6) is 0 Å². The first kappa shape index (κ1) is 11.6. The number of ether oxygens (including phenoxy) is 1. The Morgan fingerprint density at radius 3 is 2.53 bits per heavy atom. The molecule has 0 unspecified atom stereocenters. The standard InChI is InChI=1S/C13H15N3O/c1-11(15-16-6-8-17-9-7-16)13-4-2-12(10-14)3-5-13/h2-5H,6-9H2,1H3/b15-11+. The number of rotatable bonds is 2. The number of morpholine rings is 1. The molecule has 1 saturated heterocycles. The highest BCUT2D eigenvalue weighted by Crippen LogP contribution is 2.07. The third kappa shape index (κ3) is 3.05. The maximum atomic E-state index is 8.73. The van der Waals surface area contributed by atoms with Crippen LogP contribution in [-0.2, 0) is 4.74 Å². The largest absolute Gasteiger partial charge is 0.378 e. The Hall–Kier alpha value is -1.86. The molecule has 0 N–H and O–H groups in total. The van der Waals surface area contributed by atoms with Crippen molar-refractivity contribution < 1.29 is 4.74 Å². The van der Waals surface area contributed by atoms with Gasteiger partial charge in [0.1, 0.15) is 0 Å². The van der Waals surface area contributed by atoms with E-state index in [9.17, 15) is 0 Å². The molecule has 0 atom stereocenters. The number of hydrogen-bond donors (Lipinski definition) is 0. The van der Waals surface area contributed by atoms with E-state index >= 15 is 0 Å². The Bertz CT molecular complexity index is 439. The van der Waals surface area contributed by atoms with Gasteiger partial charge in [-0.3, -0.25) is 5.01 Å². The highest BCUT2D eigenvalue weighted by Gasteiger charge is 2.08. The van der Waals surface area contributed by atoms with Crippen LogP contribution < -0.4 is 0 Å². The first-order chi connectivity index (χ1) is 8.29. The van der Waals surface area contributed by atoms with Gasteiger partial charge in [-0.05, 0) is 24.6 Å². The molecule has 0 aromatic heterocycles. The summed E-state index contributed by atoms with van der Waals surface area (Å²) >= 11 is 0. The lowest BCUT2D eigenvalue weighted by Crippen LogP contribution is -2.33. The van der Waals surface area contributed by atoms with E-state index in [1.165, 1.54) is 0 Å². The van der Waals surface area contributed by atoms with Gasteiger partial charge in [-0.2, -0.15) is 10.4 Å². The summed E-state index contributed by atoms with van der Waals surface area (Å²) in [5, 5.41) is 15.3. The number of benzene rings is 1. The predicted molar refractivity (Wildman–Crippen MR) is 65.8 cm³/mol. The van der Waals surface area contributed by atoms with Crippen molar-refractivity contribution in [2.75, 3.05) is 26.3 Å². The average Bonchev–Trinajstić information content (AvgIpc) is 2.40. The summed E-state index contributed by atoms with van der Waals surface area (Å²) in [6.07, 6.45) is 0. The van der Waals surface area contributed by atoms with Gasteiger partial charge in [-0.15, -0.1) is 0 Å². The fourth-order valence-electron chi connectivity index (χ4n) is 1.71. The topological polar surface area (TPSA) is 48.6 Å². The SMILES string of the molecule is C/C(=N\N1CCOCC1)c1ccc(C#N)cc1. The number of nitrogens with zero attached hydrogens (tertiary/aromatic N) is 3. The zero-order valence-electron chi connectivity index (χ0n) is 9.89. The Balaban J connectivity index is 2.09. The summed E-state index contributed by atoms with van der Waals surface area (Å²) in [6.45, 7) is 5.15. The van der Waals surface area contributed by atoms with Gasteiger partial charge in [-0.25, -0.2) is 0 Å². The van der Waals surface area contributed by atoms with E-state index in [1.54, 1.807) is 0 Å². The zero-order chi connectivity index (χ0) is 12.1. The maximum absolute atomic E-state index is 8.73. The quantitative estimate of drug-likeness (QED) is 0.724. The molecule has 0 amide bonds. The Morgan fingerprint density at radius 2 is 1.94 bits per heavy atom. The summed E-state index contributed by atoms with van der Waals surface area (Å²) in [5.74, 6) is 0. The van der Waals surface area contributed by atoms with E-state index in [0.29, 0.717) is 5.56 Å². The van der Waals surface area contributed by atoms with Crippen molar-refractivity contribution >= 4 is 5.71 Å². The van der Waals surface area contributed by atoms with E-state index in [1.807, 2.05) is 36.2 Å². The second-order valence-electron chi connectivity index (χ2n) is 3.94. The van der Waals surface area contributed by atoms with Gasteiger partial charge in [0.15, 0.2) is 0 Å². The molecule has 0 spiro atoms. The Labute approximate surface area is 101 Å². The Kier molecular flexibility index (Phi) is 3.73. The van der Waals surface area contributed by atoms with Crippen molar-refractivity contribution in [3.8, 4) is 6.07 Å². The van der Waals surface area contributed by atoms with Crippen molar-refractivity contribution in [2.24, 2.45) is 5.10 Å². The van der Waals surface area contributed by atoms with Crippen LogP contribution in [0.15, 0.2) is 29.4 Å². The molecule has 4 nitrogen and oxygen atoms in total. The minimum Gasteiger partial charge on any atom is -0.378 e. The summed E-state index contributed by atoms with van der Waals surface area (Å²) in [7, 11) is 0. The van der Waals surface area contributed by atoms with Crippen LogP contribution >= 0.6 is 0 Å². The molecule has 17 heavy (non-hydrogen) atoms. The molecule has 2 rings (SSSR count). The zero-order valence-corrected chi connectivity index (χ0v) is 9.89. The molecule has 0 saturated carbocycles. The van der Waals surface area contributed by atoms with Gasteiger partial charge in [0, 0.05) is 0 Å². The summed E-state index contributed by atoms with van der Waals surface area (Å²) in [5.41, 5.74) is 2.69. The van der Waals surface area contributed by atoms with Crippen molar-refractivity contribution in [1.29, 1.82) is 5.26 Å². The third-order valence-electron chi connectivity index (χ3n) is 2.71. The highest BCUT2D eigenvalue weighted by molar-refractivity contribution is 5.98. The van der Waals surface area contributed by atoms with Crippen molar-refractivity contribution in [1.82, 2.24) is 5.01 Å². The fraction of sp³-hybridized carbons (Fsp3) is 0.385. The molecular formula is C13H15N3O. The maximum Gasteiger partial charge on any atom is 0.0991 e. The first-order valence-corrected chi connectivity index (χ1v) is 5.68. The minimum absolute atomic E-state index is 0.674. The van der Waals surface area contributed by atoms with Crippen LogP contribution in [0.3, 0.4) is 0 Å². The van der Waals surface area contributed by atoms with Gasteiger partial charge in [0.25, 0.3) is 0 Å². The summed E-state index contributed by atoms with van der Waals surface area (Å²) in [4.78, 5) is 0. The average molecular weight is 229 g/mol. The molecular weight excluding hydrogens is 214 g/mol. The monoisotopic (exact) mass is 229 g/mol. The van der Waals surface area contributed by atoms with Gasteiger partial charge in [0.2, 0.25) is 0 Å². The molecule has 0 bridgehead atoms. The van der Waals surface area contributed by atoms with E-state index in [4.69, 9.17) is 10.00 Å². The highest BCUT2D eigenvalue weighted by atomic mass is 16.5. The third-order valence-corrected chi connectivity index (χ3v) is 2.71. The molecule has 1 aromatic carbocycles. The lowest BCUT2D eigenvalue weighted by Gasteiger charge is -2.24. The molecule has 88 valence electrons. The van der Waals surface area contributed by atoms with Crippen LogP contribution in [0.2, 0.25) is 0 Å².